The lowest BCUT2D eigenvalue weighted by Gasteiger charge is -2.28. The van der Waals surface area contributed by atoms with Gasteiger partial charge in [-0.25, -0.2) is 0 Å². The van der Waals surface area contributed by atoms with Crippen LogP contribution in [0, 0.1) is 0 Å². The van der Waals surface area contributed by atoms with Crippen LogP contribution in [0.5, 0.6) is 0 Å². The van der Waals surface area contributed by atoms with Gasteiger partial charge in [-0.05, 0) is 34.6 Å². The number of aliphatic hydroxyl groups is 1. The molecular formula is C13H22O6. The van der Waals surface area contributed by atoms with Gasteiger partial charge >= 0.3 is 0 Å². The highest BCUT2D eigenvalue weighted by molar-refractivity contribution is 5.03. The third-order valence-electron chi connectivity index (χ3n) is 3.75. The highest BCUT2D eigenvalue weighted by Crippen LogP contribution is 2.45. The van der Waals surface area contributed by atoms with E-state index in [1.165, 1.54) is 0 Å². The van der Waals surface area contributed by atoms with Gasteiger partial charge < -0.3 is 28.8 Å². The Morgan fingerprint density at radius 3 is 2.11 bits per heavy atom. The molecule has 3 rings (SSSR count). The Hall–Kier alpha value is -0.240. The molecule has 110 valence electrons. The van der Waals surface area contributed by atoms with Crippen LogP contribution in [0.3, 0.4) is 0 Å². The molecule has 0 amide bonds. The minimum atomic E-state index is -1.38. The van der Waals surface area contributed by atoms with E-state index in [0.29, 0.717) is 6.61 Å². The van der Waals surface area contributed by atoms with E-state index in [2.05, 4.69) is 0 Å². The van der Waals surface area contributed by atoms with Crippen molar-refractivity contribution in [2.24, 2.45) is 0 Å². The monoisotopic (exact) mass is 274 g/mol. The van der Waals surface area contributed by atoms with E-state index in [0.717, 1.165) is 0 Å². The molecule has 0 radical (unpaired) electrons. The van der Waals surface area contributed by atoms with Gasteiger partial charge in [0.25, 0.3) is 0 Å². The number of hydrogen-bond donors (Lipinski definition) is 1. The van der Waals surface area contributed by atoms with Crippen LogP contribution < -0.4 is 0 Å². The molecule has 3 aliphatic rings. The van der Waals surface area contributed by atoms with E-state index in [4.69, 9.17) is 23.7 Å². The molecule has 0 aromatic heterocycles. The Bertz CT molecular complexity index is 377. The van der Waals surface area contributed by atoms with Gasteiger partial charge in [-0.3, -0.25) is 0 Å². The topological polar surface area (TPSA) is 66.4 Å². The number of fused-ring (bicyclic) bond motifs is 1. The first-order chi connectivity index (χ1) is 8.60. The minimum Gasteiger partial charge on any atom is -0.364 e. The summed E-state index contributed by atoms with van der Waals surface area (Å²) in [6, 6.07) is 0. The predicted molar refractivity (Wildman–Crippen MR) is 64.2 cm³/mol. The van der Waals surface area contributed by atoms with Gasteiger partial charge in [0.1, 0.15) is 24.4 Å². The van der Waals surface area contributed by atoms with Gasteiger partial charge in [-0.1, -0.05) is 0 Å². The van der Waals surface area contributed by atoms with Crippen LogP contribution in [0.4, 0.5) is 0 Å². The first kappa shape index (κ1) is 13.7. The van der Waals surface area contributed by atoms with Crippen molar-refractivity contribution in [3.05, 3.63) is 0 Å². The summed E-state index contributed by atoms with van der Waals surface area (Å²) < 4.78 is 28.6. The van der Waals surface area contributed by atoms with Gasteiger partial charge in [0.2, 0.25) is 0 Å². The van der Waals surface area contributed by atoms with Crippen LogP contribution in [0.15, 0.2) is 0 Å². The highest BCUT2D eigenvalue weighted by atomic mass is 16.8. The fourth-order valence-electron chi connectivity index (χ4n) is 3.02. The Morgan fingerprint density at radius 2 is 1.53 bits per heavy atom. The van der Waals surface area contributed by atoms with Gasteiger partial charge in [-0.2, -0.15) is 0 Å². The average molecular weight is 274 g/mol. The molecule has 3 saturated heterocycles. The standard InChI is InChI=1S/C13H22O6/c1-11(2)15-6-7(16-11)8-9-10(13(5,14)18-8)19-12(3,4)17-9/h7-10,14H,6H2,1-5H3/t7-,8+,9-,10-,13-/m0/s1. The zero-order valence-corrected chi connectivity index (χ0v) is 12.0. The Labute approximate surface area is 112 Å². The molecule has 6 heteroatoms. The van der Waals surface area contributed by atoms with Crippen LogP contribution in [-0.2, 0) is 23.7 Å². The zero-order chi connectivity index (χ0) is 14.1. The summed E-state index contributed by atoms with van der Waals surface area (Å²) in [5.41, 5.74) is 0. The molecule has 3 heterocycles. The van der Waals surface area contributed by atoms with Gasteiger partial charge in [-0.15, -0.1) is 0 Å². The maximum absolute atomic E-state index is 10.3. The van der Waals surface area contributed by atoms with Crippen molar-refractivity contribution in [2.75, 3.05) is 6.61 Å². The first-order valence-electron chi connectivity index (χ1n) is 6.67. The lowest BCUT2D eigenvalue weighted by molar-refractivity contribution is -0.277. The Balaban J connectivity index is 1.80. The summed E-state index contributed by atoms with van der Waals surface area (Å²) in [4.78, 5) is 0. The van der Waals surface area contributed by atoms with Gasteiger partial charge in [0.15, 0.2) is 17.4 Å². The molecule has 0 spiro atoms. The van der Waals surface area contributed by atoms with Crippen molar-refractivity contribution in [2.45, 2.75) is 76.4 Å². The second kappa shape index (κ2) is 3.90. The van der Waals surface area contributed by atoms with E-state index in [1.54, 1.807) is 6.92 Å². The van der Waals surface area contributed by atoms with E-state index >= 15 is 0 Å². The van der Waals surface area contributed by atoms with E-state index in [9.17, 15) is 5.11 Å². The molecule has 6 nitrogen and oxygen atoms in total. The Morgan fingerprint density at radius 1 is 0.842 bits per heavy atom. The molecule has 0 aromatic carbocycles. The molecule has 0 unspecified atom stereocenters. The van der Waals surface area contributed by atoms with Crippen molar-refractivity contribution in [1.82, 2.24) is 0 Å². The largest absolute Gasteiger partial charge is 0.364 e. The van der Waals surface area contributed by atoms with Crippen LogP contribution in [0.2, 0.25) is 0 Å². The normalized spacial score (nSPS) is 51.5. The van der Waals surface area contributed by atoms with Crippen molar-refractivity contribution < 1.29 is 28.8 Å². The Kier molecular flexibility index (Phi) is 2.82. The zero-order valence-electron chi connectivity index (χ0n) is 12.0. The molecule has 1 N–H and O–H groups in total. The molecule has 0 saturated carbocycles. The fraction of sp³-hybridized carbons (Fsp3) is 1.00. The maximum atomic E-state index is 10.3. The highest BCUT2D eigenvalue weighted by Gasteiger charge is 2.63. The lowest BCUT2D eigenvalue weighted by atomic mass is 10.0. The average Bonchev–Trinajstić information content (AvgIpc) is 2.81. The van der Waals surface area contributed by atoms with Crippen molar-refractivity contribution in [3.63, 3.8) is 0 Å². The molecule has 0 aliphatic carbocycles. The molecule has 19 heavy (non-hydrogen) atoms. The van der Waals surface area contributed by atoms with Crippen molar-refractivity contribution >= 4 is 0 Å². The molecular weight excluding hydrogens is 252 g/mol. The molecule has 0 aromatic rings. The van der Waals surface area contributed by atoms with E-state index in [1.807, 2.05) is 27.7 Å². The summed E-state index contributed by atoms with van der Waals surface area (Å²) in [5, 5.41) is 10.3. The first-order valence-corrected chi connectivity index (χ1v) is 6.67. The van der Waals surface area contributed by atoms with Crippen LogP contribution in [-0.4, -0.2) is 53.5 Å². The SMILES string of the molecule is CC1(C)OC[C@@H]([C@H]2O[C@](C)(O)[C@H]3OC(C)(C)O[C@@H]23)O1. The summed E-state index contributed by atoms with van der Waals surface area (Å²) in [5.74, 6) is -2.73. The molecule has 3 aliphatic heterocycles. The van der Waals surface area contributed by atoms with Crippen molar-refractivity contribution in [3.8, 4) is 0 Å². The molecule has 0 bridgehead atoms. The second-order valence-corrected chi connectivity index (χ2v) is 6.52. The van der Waals surface area contributed by atoms with Crippen LogP contribution in [0.25, 0.3) is 0 Å². The lowest BCUT2D eigenvalue weighted by Crippen LogP contribution is -2.41. The fourth-order valence-corrected chi connectivity index (χ4v) is 3.02. The molecule has 5 atom stereocenters. The summed E-state index contributed by atoms with van der Waals surface area (Å²) in [6.07, 6.45) is -1.54. The van der Waals surface area contributed by atoms with E-state index in [-0.39, 0.29) is 12.2 Å². The number of hydrogen-bond acceptors (Lipinski definition) is 6. The molecule has 3 fully saturated rings. The summed E-state index contributed by atoms with van der Waals surface area (Å²) in [6.45, 7) is 9.38. The second-order valence-electron chi connectivity index (χ2n) is 6.52. The summed E-state index contributed by atoms with van der Waals surface area (Å²) >= 11 is 0. The quantitative estimate of drug-likeness (QED) is 0.761. The van der Waals surface area contributed by atoms with Crippen LogP contribution >= 0.6 is 0 Å². The third kappa shape index (κ3) is 2.30. The maximum Gasteiger partial charge on any atom is 0.192 e. The van der Waals surface area contributed by atoms with Gasteiger partial charge in [0, 0.05) is 0 Å². The van der Waals surface area contributed by atoms with Gasteiger partial charge in [0.05, 0.1) is 6.61 Å². The summed E-state index contributed by atoms with van der Waals surface area (Å²) in [7, 11) is 0. The number of ether oxygens (including phenoxy) is 5. The van der Waals surface area contributed by atoms with Crippen molar-refractivity contribution in [1.29, 1.82) is 0 Å². The minimum absolute atomic E-state index is 0.269. The number of rotatable bonds is 1. The smallest absolute Gasteiger partial charge is 0.192 e. The third-order valence-corrected chi connectivity index (χ3v) is 3.75. The van der Waals surface area contributed by atoms with Crippen LogP contribution in [0.1, 0.15) is 34.6 Å². The predicted octanol–water partition coefficient (Wildman–Crippen LogP) is 0.765. The van der Waals surface area contributed by atoms with E-state index < -0.39 is 29.6 Å².